The Labute approximate surface area is 101 Å². The molecule has 17 heavy (non-hydrogen) atoms. The molecule has 0 bridgehead atoms. The molecular formula is C14H15N3. The predicted octanol–water partition coefficient (Wildman–Crippen LogP) is 3.17. The molecule has 0 spiro atoms. The van der Waals surface area contributed by atoms with Gasteiger partial charge in [0.2, 0.25) is 5.95 Å². The van der Waals surface area contributed by atoms with Crippen molar-refractivity contribution < 1.29 is 0 Å². The number of nitrogens with zero attached hydrogens (tertiary/aromatic N) is 2. The lowest BCUT2D eigenvalue weighted by Gasteiger charge is -2.05. The van der Waals surface area contributed by atoms with Gasteiger partial charge in [-0.25, -0.2) is 9.97 Å². The summed E-state index contributed by atoms with van der Waals surface area (Å²) in [7, 11) is 0. The fraction of sp³-hybridized carbons (Fsp3) is 0.286. The first-order valence-corrected chi connectivity index (χ1v) is 6.04. The van der Waals surface area contributed by atoms with Crippen LogP contribution in [0, 0.1) is 5.92 Å². The van der Waals surface area contributed by atoms with Gasteiger partial charge in [-0.15, -0.1) is 0 Å². The number of nitrogens with one attached hydrogen (secondary N) is 1. The fourth-order valence-electron chi connectivity index (χ4n) is 1.84. The molecule has 3 nitrogen and oxygen atoms in total. The second-order valence-electron chi connectivity index (χ2n) is 4.51. The van der Waals surface area contributed by atoms with Crippen molar-refractivity contribution in [1.82, 2.24) is 9.97 Å². The minimum Gasteiger partial charge on any atom is -0.324 e. The van der Waals surface area contributed by atoms with E-state index in [0.717, 1.165) is 23.7 Å². The molecule has 0 saturated heterocycles. The van der Waals surface area contributed by atoms with E-state index in [-0.39, 0.29) is 0 Å². The highest BCUT2D eigenvalue weighted by Crippen LogP contribution is 2.32. The molecule has 0 unspecified atom stereocenters. The van der Waals surface area contributed by atoms with E-state index >= 15 is 0 Å². The molecule has 0 radical (unpaired) electrons. The molecule has 86 valence electrons. The van der Waals surface area contributed by atoms with Gasteiger partial charge in [0.1, 0.15) is 0 Å². The normalized spacial score (nSPS) is 14.6. The minimum absolute atomic E-state index is 0.689. The van der Waals surface area contributed by atoms with Crippen LogP contribution in [0.5, 0.6) is 0 Å². The summed E-state index contributed by atoms with van der Waals surface area (Å²) in [6.45, 7) is 0. The Morgan fingerprint density at radius 3 is 2.71 bits per heavy atom. The van der Waals surface area contributed by atoms with Gasteiger partial charge in [0.25, 0.3) is 0 Å². The van der Waals surface area contributed by atoms with Crippen LogP contribution in [-0.2, 0) is 6.42 Å². The number of hydrogen-bond acceptors (Lipinski definition) is 3. The molecule has 0 atom stereocenters. The molecule has 1 aliphatic rings. The first kappa shape index (κ1) is 10.3. The van der Waals surface area contributed by atoms with Gasteiger partial charge in [-0.05, 0) is 43.4 Å². The van der Waals surface area contributed by atoms with E-state index in [9.17, 15) is 0 Å². The molecule has 1 saturated carbocycles. The molecule has 0 amide bonds. The van der Waals surface area contributed by atoms with E-state index in [0.29, 0.717) is 5.95 Å². The van der Waals surface area contributed by atoms with Crippen LogP contribution in [-0.4, -0.2) is 9.97 Å². The molecule has 2 aromatic rings. The molecule has 1 aliphatic carbocycles. The second kappa shape index (κ2) is 4.53. The van der Waals surface area contributed by atoms with Crippen molar-refractivity contribution in [1.29, 1.82) is 0 Å². The van der Waals surface area contributed by atoms with Gasteiger partial charge in [-0.2, -0.15) is 0 Å². The van der Waals surface area contributed by atoms with Crippen LogP contribution in [0.4, 0.5) is 11.6 Å². The fourth-order valence-corrected chi connectivity index (χ4v) is 1.84. The Hall–Kier alpha value is -1.90. The standard InChI is InChI=1S/C14H15N3/c1-2-4-12(5-3-1)16-14-15-9-8-13(17-14)10-11-6-7-11/h1-5,8-9,11H,6-7,10H2,(H,15,16,17). The Balaban J connectivity index is 1.73. The van der Waals surface area contributed by atoms with Crippen molar-refractivity contribution >= 4 is 11.6 Å². The topological polar surface area (TPSA) is 37.8 Å². The zero-order valence-corrected chi connectivity index (χ0v) is 9.63. The molecule has 3 heteroatoms. The number of benzene rings is 1. The first-order valence-electron chi connectivity index (χ1n) is 6.04. The van der Waals surface area contributed by atoms with E-state index in [4.69, 9.17) is 0 Å². The van der Waals surface area contributed by atoms with Crippen LogP contribution in [0.1, 0.15) is 18.5 Å². The van der Waals surface area contributed by atoms with Crippen LogP contribution in [0.2, 0.25) is 0 Å². The van der Waals surface area contributed by atoms with Crippen molar-refractivity contribution in [2.45, 2.75) is 19.3 Å². The van der Waals surface area contributed by atoms with Gasteiger partial charge in [0.15, 0.2) is 0 Å². The second-order valence-corrected chi connectivity index (χ2v) is 4.51. The summed E-state index contributed by atoms with van der Waals surface area (Å²) in [4.78, 5) is 8.77. The average Bonchev–Trinajstić information content (AvgIpc) is 3.15. The van der Waals surface area contributed by atoms with E-state index in [2.05, 4.69) is 15.3 Å². The van der Waals surface area contributed by atoms with Crippen molar-refractivity contribution in [3.63, 3.8) is 0 Å². The molecule has 1 heterocycles. The zero-order chi connectivity index (χ0) is 11.5. The van der Waals surface area contributed by atoms with Gasteiger partial charge < -0.3 is 5.32 Å². The van der Waals surface area contributed by atoms with Gasteiger partial charge in [-0.3, -0.25) is 0 Å². The number of hydrogen-bond donors (Lipinski definition) is 1. The van der Waals surface area contributed by atoms with E-state index in [1.54, 1.807) is 0 Å². The molecule has 1 aromatic carbocycles. The van der Waals surface area contributed by atoms with Crippen molar-refractivity contribution in [3.8, 4) is 0 Å². The highest BCUT2D eigenvalue weighted by atomic mass is 15.1. The molecule has 3 rings (SSSR count). The summed E-state index contributed by atoms with van der Waals surface area (Å²) in [5.74, 6) is 1.55. The molecule has 1 fully saturated rings. The Morgan fingerprint density at radius 1 is 1.12 bits per heavy atom. The molecule has 0 aliphatic heterocycles. The largest absolute Gasteiger partial charge is 0.324 e. The maximum absolute atomic E-state index is 4.53. The summed E-state index contributed by atoms with van der Waals surface area (Å²) < 4.78 is 0. The van der Waals surface area contributed by atoms with E-state index in [1.807, 2.05) is 42.6 Å². The van der Waals surface area contributed by atoms with E-state index < -0.39 is 0 Å². The third-order valence-electron chi connectivity index (χ3n) is 2.94. The minimum atomic E-state index is 0.689. The quantitative estimate of drug-likeness (QED) is 0.868. The summed E-state index contributed by atoms with van der Waals surface area (Å²) in [5, 5.41) is 3.22. The van der Waals surface area contributed by atoms with Gasteiger partial charge >= 0.3 is 0 Å². The van der Waals surface area contributed by atoms with E-state index in [1.165, 1.54) is 12.8 Å². The number of anilines is 2. The van der Waals surface area contributed by atoms with Crippen molar-refractivity contribution in [2.75, 3.05) is 5.32 Å². The van der Waals surface area contributed by atoms with Gasteiger partial charge in [-0.1, -0.05) is 18.2 Å². The lowest BCUT2D eigenvalue weighted by molar-refractivity contribution is 0.800. The lowest BCUT2D eigenvalue weighted by atomic mass is 10.2. The number of para-hydroxylation sites is 1. The van der Waals surface area contributed by atoms with Crippen molar-refractivity contribution in [2.24, 2.45) is 5.92 Å². The Morgan fingerprint density at radius 2 is 1.94 bits per heavy atom. The van der Waals surface area contributed by atoms with Crippen LogP contribution in [0.3, 0.4) is 0 Å². The first-order chi connectivity index (χ1) is 8.40. The predicted molar refractivity (Wildman–Crippen MR) is 68.2 cm³/mol. The third-order valence-corrected chi connectivity index (χ3v) is 2.94. The average molecular weight is 225 g/mol. The number of aromatic nitrogens is 2. The van der Waals surface area contributed by atoms with Crippen LogP contribution in [0.15, 0.2) is 42.6 Å². The van der Waals surface area contributed by atoms with Crippen molar-refractivity contribution in [3.05, 3.63) is 48.3 Å². The summed E-state index contributed by atoms with van der Waals surface area (Å²) in [6.07, 6.45) is 5.62. The SMILES string of the molecule is c1ccc(Nc2nccc(CC3CC3)n2)cc1. The van der Waals surface area contributed by atoms with Crippen LogP contribution >= 0.6 is 0 Å². The Kier molecular flexibility index (Phi) is 2.74. The lowest BCUT2D eigenvalue weighted by Crippen LogP contribution is -2.00. The van der Waals surface area contributed by atoms with Crippen LogP contribution in [0.25, 0.3) is 0 Å². The maximum Gasteiger partial charge on any atom is 0.227 e. The molecule has 1 N–H and O–H groups in total. The van der Waals surface area contributed by atoms with Crippen LogP contribution < -0.4 is 5.32 Å². The summed E-state index contributed by atoms with van der Waals surface area (Å²) in [5.41, 5.74) is 2.16. The maximum atomic E-state index is 4.53. The zero-order valence-electron chi connectivity index (χ0n) is 9.63. The highest BCUT2D eigenvalue weighted by Gasteiger charge is 2.22. The summed E-state index contributed by atoms with van der Waals surface area (Å²) >= 11 is 0. The summed E-state index contributed by atoms with van der Waals surface area (Å²) in [6, 6.07) is 12.0. The van der Waals surface area contributed by atoms with Gasteiger partial charge in [0, 0.05) is 17.6 Å². The highest BCUT2D eigenvalue weighted by molar-refractivity contribution is 5.52. The number of rotatable bonds is 4. The smallest absolute Gasteiger partial charge is 0.227 e. The Bertz CT molecular complexity index is 492. The third kappa shape index (κ3) is 2.81. The monoisotopic (exact) mass is 225 g/mol. The van der Waals surface area contributed by atoms with Gasteiger partial charge in [0.05, 0.1) is 0 Å². The molecule has 1 aromatic heterocycles. The molecular weight excluding hydrogens is 210 g/mol.